The van der Waals surface area contributed by atoms with Crippen molar-refractivity contribution in [3.8, 4) is 0 Å². The van der Waals surface area contributed by atoms with Gasteiger partial charge in [0.2, 0.25) is 5.91 Å². The zero-order valence-corrected chi connectivity index (χ0v) is 12.0. The van der Waals surface area contributed by atoms with Crippen LogP contribution in [0.4, 0.5) is 0 Å². The lowest BCUT2D eigenvalue weighted by atomic mass is 9.83. The molecule has 17 heavy (non-hydrogen) atoms. The Kier molecular flexibility index (Phi) is 5.62. The maximum absolute atomic E-state index is 12.0. The number of carbonyl (C=O) groups is 1. The van der Waals surface area contributed by atoms with Crippen LogP contribution in [0.25, 0.3) is 0 Å². The molecule has 0 aliphatic carbocycles. The molecule has 1 amide bonds. The first kappa shape index (κ1) is 16.4. The van der Waals surface area contributed by atoms with Crippen molar-refractivity contribution in [3.63, 3.8) is 0 Å². The second-order valence-corrected chi connectivity index (χ2v) is 6.78. The molecule has 0 heterocycles. The average Bonchev–Trinajstić information content (AvgIpc) is 2.12. The summed E-state index contributed by atoms with van der Waals surface area (Å²) in [6.45, 7) is 12.0. The van der Waals surface area contributed by atoms with Crippen LogP contribution in [0.1, 0.15) is 48.0 Å². The number of aliphatic hydroxyl groups is 1. The summed E-state index contributed by atoms with van der Waals surface area (Å²) in [6.07, 6.45) is 0.548. The van der Waals surface area contributed by atoms with E-state index in [9.17, 15) is 4.79 Å². The van der Waals surface area contributed by atoms with Crippen molar-refractivity contribution < 1.29 is 9.90 Å². The first-order chi connectivity index (χ1) is 7.50. The SMILES string of the molecule is CC(C)(C)C(CCO)NC(=O)[C@@H](N)C(C)(C)C. The Labute approximate surface area is 105 Å². The van der Waals surface area contributed by atoms with Gasteiger partial charge < -0.3 is 16.2 Å². The van der Waals surface area contributed by atoms with Gasteiger partial charge in [-0.1, -0.05) is 41.5 Å². The van der Waals surface area contributed by atoms with Crippen molar-refractivity contribution in [1.82, 2.24) is 5.32 Å². The van der Waals surface area contributed by atoms with Crippen LogP contribution in [0, 0.1) is 10.8 Å². The van der Waals surface area contributed by atoms with E-state index >= 15 is 0 Å². The van der Waals surface area contributed by atoms with Gasteiger partial charge in [0.1, 0.15) is 0 Å². The Bertz CT molecular complexity index is 251. The quantitative estimate of drug-likeness (QED) is 0.697. The number of nitrogens with one attached hydrogen (secondary N) is 1. The predicted molar refractivity (Wildman–Crippen MR) is 70.5 cm³/mol. The highest BCUT2D eigenvalue weighted by Crippen LogP contribution is 2.23. The largest absolute Gasteiger partial charge is 0.396 e. The van der Waals surface area contributed by atoms with Gasteiger partial charge in [-0.05, 0) is 17.3 Å². The molecular weight excluding hydrogens is 216 g/mol. The van der Waals surface area contributed by atoms with Gasteiger partial charge in [-0.3, -0.25) is 4.79 Å². The van der Waals surface area contributed by atoms with E-state index in [-0.39, 0.29) is 29.4 Å². The van der Waals surface area contributed by atoms with Gasteiger partial charge >= 0.3 is 0 Å². The normalized spacial score (nSPS) is 16.5. The van der Waals surface area contributed by atoms with Gasteiger partial charge in [-0.15, -0.1) is 0 Å². The molecule has 0 bridgehead atoms. The van der Waals surface area contributed by atoms with Crippen LogP contribution in [0.2, 0.25) is 0 Å². The number of amides is 1. The van der Waals surface area contributed by atoms with E-state index in [1.54, 1.807) is 0 Å². The minimum absolute atomic E-state index is 0.0617. The summed E-state index contributed by atoms with van der Waals surface area (Å²) in [6, 6.07) is -0.598. The highest BCUT2D eigenvalue weighted by molar-refractivity contribution is 5.82. The minimum atomic E-state index is -0.536. The van der Waals surface area contributed by atoms with E-state index < -0.39 is 6.04 Å². The highest BCUT2D eigenvalue weighted by atomic mass is 16.3. The molecule has 0 aliphatic heterocycles. The van der Waals surface area contributed by atoms with Gasteiger partial charge in [-0.25, -0.2) is 0 Å². The molecule has 1 unspecified atom stereocenters. The van der Waals surface area contributed by atoms with Crippen LogP contribution >= 0.6 is 0 Å². The molecule has 0 aliphatic rings. The molecular formula is C13H28N2O2. The summed E-state index contributed by atoms with van der Waals surface area (Å²) in [4.78, 5) is 12.0. The molecule has 0 aromatic heterocycles. The lowest BCUT2D eigenvalue weighted by molar-refractivity contribution is -0.126. The Morgan fingerprint density at radius 3 is 1.94 bits per heavy atom. The summed E-state index contributed by atoms with van der Waals surface area (Å²) >= 11 is 0. The second-order valence-electron chi connectivity index (χ2n) is 6.78. The first-order valence-corrected chi connectivity index (χ1v) is 6.17. The van der Waals surface area contributed by atoms with Crippen LogP contribution in [0.15, 0.2) is 0 Å². The third-order valence-corrected chi connectivity index (χ3v) is 3.00. The third kappa shape index (κ3) is 5.50. The van der Waals surface area contributed by atoms with Gasteiger partial charge in [0, 0.05) is 12.6 Å². The molecule has 0 spiro atoms. The standard InChI is InChI=1S/C13H28N2O2/c1-12(2,3)9(7-8-16)15-11(17)10(14)13(4,5)6/h9-10,16H,7-8,14H2,1-6H3,(H,15,17)/t9?,10-/m1/s1. The van der Waals surface area contributed by atoms with E-state index in [0.717, 1.165) is 0 Å². The van der Waals surface area contributed by atoms with E-state index in [2.05, 4.69) is 5.32 Å². The Morgan fingerprint density at radius 2 is 1.65 bits per heavy atom. The molecule has 0 radical (unpaired) electrons. The molecule has 102 valence electrons. The summed E-state index contributed by atoms with van der Waals surface area (Å²) in [5.41, 5.74) is 5.56. The lowest BCUT2D eigenvalue weighted by Gasteiger charge is -2.34. The Balaban J connectivity index is 4.63. The summed E-state index contributed by atoms with van der Waals surface area (Å²) in [7, 11) is 0. The topological polar surface area (TPSA) is 75.3 Å². The van der Waals surface area contributed by atoms with E-state index in [1.165, 1.54) is 0 Å². The van der Waals surface area contributed by atoms with Crippen LogP contribution in [0.5, 0.6) is 0 Å². The van der Waals surface area contributed by atoms with Crippen LogP contribution in [-0.4, -0.2) is 29.7 Å². The van der Waals surface area contributed by atoms with Crippen LogP contribution in [0.3, 0.4) is 0 Å². The van der Waals surface area contributed by atoms with Gasteiger partial charge in [0.15, 0.2) is 0 Å². The molecule has 0 rings (SSSR count). The Hall–Kier alpha value is -0.610. The summed E-state index contributed by atoms with van der Waals surface area (Å²) < 4.78 is 0. The molecule has 0 aromatic carbocycles. The van der Waals surface area contributed by atoms with Crippen molar-refractivity contribution in [2.45, 2.75) is 60.0 Å². The van der Waals surface area contributed by atoms with E-state index in [0.29, 0.717) is 6.42 Å². The molecule has 4 nitrogen and oxygen atoms in total. The molecule has 0 aromatic rings. The monoisotopic (exact) mass is 244 g/mol. The number of carbonyl (C=O) groups excluding carboxylic acids is 1. The maximum Gasteiger partial charge on any atom is 0.237 e. The summed E-state index contributed by atoms with van der Waals surface area (Å²) in [5, 5.41) is 12.0. The van der Waals surface area contributed by atoms with Crippen LogP contribution in [-0.2, 0) is 4.79 Å². The fourth-order valence-corrected chi connectivity index (χ4v) is 1.51. The molecule has 0 fully saturated rings. The number of nitrogens with two attached hydrogens (primary N) is 1. The van der Waals surface area contributed by atoms with E-state index in [4.69, 9.17) is 10.8 Å². The molecule has 0 saturated carbocycles. The molecule has 2 atom stereocenters. The van der Waals surface area contributed by atoms with Crippen molar-refractivity contribution >= 4 is 5.91 Å². The van der Waals surface area contributed by atoms with Crippen molar-refractivity contribution in [1.29, 1.82) is 0 Å². The van der Waals surface area contributed by atoms with Crippen LogP contribution < -0.4 is 11.1 Å². The maximum atomic E-state index is 12.0. The zero-order chi connectivity index (χ0) is 13.9. The van der Waals surface area contributed by atoms with E-state index in [1.807, 2.05) is 41.5 Å². The fourth-order valence-electron chi connectivity index (χ4n) is 1.51. The number of hydrogen-bond donors (Lipinski definition) is 3. The molecule has 0 saturated heterocycles. The van der Waals surface area contributed by atoms with Crippen molar-refractivity contribution in [2.75, 3.05) is 6.61 Å². The number of aliphatic hydroxyl groups excluding tert-OH is 1. The predicted octanol–water partition coefficient (Wildman–Crippen LogP) is 1.27. The lowest BCUT2D eigenvalue weighted by Crippen LogP contribution is -2.54. The summed E-state index contributed by atoms with van der Waals surface area (Å²) in [5.74, 6) is -0.147. The average molecular weight is 244 g/mol. The van der Waals surface area contributed by atoms with Gasteiger partial charge in [0.05, 0.1) is 6.04 Å². The van der Waals surface area contributed by atoms with Crippen molar-refractivity contribution in [2.24, 2.45) is 16.6 Å². The minimum Gasteiger partial charge on any atom is -0.396 e. The van der Waals surface area contributed by atoms with Crippen molar-refractivity contribution in [3.05, 3.63) is 0 Å². The third-order valence-electron chi connectivity index (χ3n) is 3.00. The second kappa shape index (κ2) is 5.83. The Morgan fingerprint density at radius 1 is 1.18 bits per heavy atom. The molecule has 4 heteroatoms. The number of rotatable bonds is 4. The number of hydrogen-bond acceptors (Lipinski definition) is 3. The highest BCUT2D eigenvalue weighted by Gasteiger charge is 2.32. The van der Waals surface area contributed by atoms with Gasteiger partial charge in [-0.2, -0.15) is 0 Å². The first-order valence-electron chi connectivity index (χ1n) is 6.17. The zero-order valence-electron chi connectivity index (χ0n) is 12.0. The van der Waals surface area contributed by atoms with Gasteiger partial charge in [0.25, 0.3) is 0 Å². The fraction of sp³-hybridized carbons (Fsp3) is 0.923. The smallest absolute Gasteiger partial charge is 0.237 e. The molecule has 4 N–H and O–H groups in total.